The zero-order valence-electron chi connectivity index (χ0n) is 12.6. The maximum Gasteiger partial charge on any atom is 0.311 e. The maximum absolute atomic E-state index is 12.5. The fourth-order valence-electron chi connectivity index (χ4n) is 2.69. The van der Waals surface area contributed by atoms with Gasteiger partial charge in [-0.2, -0.15) is 5.10 Å². The van der Waals surface area contributed by atoms with Crippen LogP contribution in [-0.2, 0) is 4.79 Å². The summed E-state index contributed by atoms with van der Waals surface area (Å²) in [4.78, 5) is 25.2. The number of nitrogens with zero attached hydrogens (tertiary/aromatic N) is 3. The molecule has 1 aliphatic heterocycles. The Kier molecular flexibility index (Phi) is 3.55. The summed E-state index contributed by atoms with van der Waals surface area (Å²) in [5, 5.41) is 23.4. The summed E-state index contributed by atoms with van der Waals surface area (Å²) in [6, 6.07) is 9.12. The van der Waals surface area contributed by atoms with E-state index < -0.39 is 17.3 Å². The van der Waals surface area contributed by atoms with Crippen molar-refractivity contribution in [3.8, 4) is 11.4 Å². The number of carboxylic acid groups (broad SMARTS) is 1. The van der Waals surface area contributed by atoms with Gasteiger partial charge in [0.2, 0.25) is 0 Å². The smallest absolute Gasteiger partial charge is 0.311 e. The Morgan fingerprint density at radius 3 is 2.57 bits per heavy atom. The average Bonchev–Trinajstić information content (AvgIpc) is 3.12. The van der Waals surface area contributed by atoms with Gasteiger partial charge < -0.3 is 15.1 Å². The number of hydrogen-bond acceptors (Lipinski definition) is 4. The Labute approximate surface area is 132 Å². The number of carboxylic acids is 1. The normalized spacial score (nSPS) is 20.7. The number of amides is 1. The summed E-state index contributed by atoms with van der Waals surface area (Å²) in [5.41, 5.74) is -0.296. The van der Waals surface area contributed by atoms with Gasteiger partial charge in [-0.25, -0.2) is 4.68 Å². The van der Waals surface area contributed by atoms with Crippen LogP contribution in [-0.4, -0.2) is 49.9 Å². The number of carbonyl (C=O) groups excluding carboxylic acids is 1. The molecule has 1 aromatic heterocycles. The van der Waals surface area contributed by atoms with Gasteiger partial charge in [0, 0.05) is 13.1 Å². The highest BCUT2D eigenvalue weighted by atomic mass is 16.4. The van der Waals surface area contributed by atoms with Crippen molar-refractivity contribution in [2.75, 3.05) is 13.1 Å². The number of benzene rings is 1. The first-order valence-electron chi connectivity index (χ1n) is 7.27. The first-order chi connectivity index (χ1) is 10.9. The minimum Gasteiger partial charge on any atom is -0.504 e. The predicted molar refractivity (Wildman–Crippen MR) is 81.5 cm³/mol. The molecule has 7 heteroatoms. The van der Waals surface area contributed by atoms with Crippen LogP contribution in [0.25, 0.3) is 5.69 Å². The van der Waals surface area contributed by atoms with Gasteiger partial charge in [-0.3, -0.25) is 9.59 Å². The third-order valence-electron chi connectivity index (χ3n) is 4.20. The topological polar surface area (TPSA) is 95.7 Å². The molecule has 120 valence electrons. The van der Waals surface area contributed by atoms with E-state index in [-0.39, 0.29) is 18.0 Å². The van der Waals surface area contributed by atoms with E-state index in [0.29, 0.717) is 13.0 Å². The largest absolute Gasteiger partial charge is 0.504 e. The maximum atomic E-state index is 12.5. The molecule has 1 aromatic carbocycles. The molecule has 1 unspecified atom stereocenters. The second kappa shape index (κ2) is 5.42. The molecule has 0 saturated carbocycles. The molecule has 7 nitrogen and oxygen atoms in total. The van der Waals surface area contributed by atoms with Crippen LogP contribution in [0.4, 0.5) is 0 Å². The monoisotopic (exact) mass is 315 g/mol. The first-order valence-corrected chi connectivity index (χ1v) is 7.27. The van der Waals surface area contributed by atoms with Crippen molar-refractivity contribution in [1.29, 1.82) is 0 Å². The Morgan fingerprint density at radius 2 is 1.96 bits per heavy atom. The fraction of sp³-hybridized carbons (Fsp3) is 0.312. The molecular weight excluding hydrogens is 298 g/mol. The van der Waals surface area contributed by atoms with Crippen molar-refractivity contribution in [1.82, 2.24) is 14.7 Å². The number of aliphatic carboxylic acids is 1. The Balaban J connectivity index is 1.84. The number of aromatic nitrogens is 2. The SMILES string of the molecule is CC1(C(=O)O)CCN(C(=O)c2nn(-c3ccccc3)cc2O)C1. The first kappa shape index (κ1) is 15.1. The number of likely N-dealkylation sites (tertiary alicyclic amines) is 1. The van der Waals surface area contributed by atoms with Crippen molar-refractivity contribution in [3.63, 3.8) is 0 Å². The van der Waals surface area contributed by atoms with Crippen molar-refractivity contribution in [2.45, 2.75) is 13.3 Å². The number of aromatic hydroxyl groups is 1. The molecule has 1 fully saturated rings. The molecule has 3 rings (SSSR count). The lowest BCUT2D eigenvalue weighted by atomic mass is 9.90. The van der Waals surface area contributed by atoms with Crippen LogP contribution in [0, 0.1) is 5.41 Å². The van der Waals surface area contributed by atoms with Gasteiger partial charge in [-0.15, -0.1) is 0 Å². The van der Waals surface area contributed by atoms with Gasteiger partial charge in [0.25, 0.3) is 5.91 Å². The van der Waals surface area contributed by atoms with Crippen LogP contribution in [0.3, 0.4) is 0 Å². The average molecular weight is 315 g/mol. The molecule has 1 aliphatic rings. The third-order valence-corrected chi connectivity index (χ3v) is 4.20. The van der Waals surface area contributed by atoms with Crippen molar-refractivity contribution < 1.29 is 19.8 Å². The lowest BCUT2D eigenvalue weighted by Gasteiger charge is -2.19. The number of rotatable bonds is 3. The minimum absolute atomic E-state index is 0.0662. The Hall–Kier alpha value is -2.83. The quantitative estimate of drug-likeness (QED) is 0.895. The number of para-hydroxylation sites is 1. The minimum atomic E-state index is -0.951. The molecule has 2 aromatic rings. The molecule has 1 saturated heterocycles. The highest BCUT2D eigenvalue weighted by molar-refractivity contribution is 5.95. The Morgan fingerprint density at radius 1 is 1.26 bits per heavy atom. The molecular formula is C16H17N3O4. The van der Waals surface area contributed by atoms with Crippen molar-refractivity contribution in [2.24, 2.45) is 5.41 Å². The summed E-state index contributed by atoms with van der Waals surface area (Å²) < 4.78 is 1.43. The lowest BCUT2D eigenvalue weighted by molar-refractivity contribution is -0.147. The summed E-state index contributed by atoms with van der Waals surface area (Å²) in [5.74, 6) is -1.60. The van der Waals surface area contributed by atoms with E-state index >= 15 is 0 Å². The van der Waals surface area contributed by atoms with E-state index in [1.807, 2.05) is 18.2 Å². The zero-order chi connectivity index (χ0) is 16.6. The second-order valence-corrected chi connectivity index (χ2v) is 5.99. The predicted octanol–water partition coefficient (Wildman–Crippen LogP) is 1.51. The van der Waals surface area contributed by atoms with Crippen LogP contribution in [0.2, 0.25) is 0 Å². The van der Waals surface area contributed by atoms with E-state index in [2.05, 4.69) is 5.10 Å². The molecule has 1 amide bonds. The zero-order valence-corrected chi connectivity index (χ0v) is 12.6. The van der Waals surface area contributed by atoms with Crippen LogP contribution >= 0.6 is 0 Å². The van der Waals surface area contributed by atoms with E-state index in [0.717, 1.165) is 5.69 Å². The van der Waals surface area contributed by atoms with E-state index in [1.165, 1.54) is 15.8 Å². The molecule has 0 aliphatic carbocycles. The second-order valence-electron chi connectivity index (χ2n) is 5.99. The molecule has 0 bridgehead atoms. The van der Waals surface area contributed by atoms with E-state index in [1.54, 1.807) is 19.1 Å². The molecule has 0 radical (unpaired) electrons. The van der Waals surface area contributed by atoms with Crippen LogP contribution in [0.15, 0.2) is 36.5 Å². The molecule has 0 spiro atoms. The number of hydrogen-bond donors (Lipinski definition) is 2. The van der Waals surface area contributed by atoms with Crippen LogP contribution < -0.4 is 0 Å². The summed E-state index contributed by atoms with van der Waals surface area (Å²) in [6.07, 6.45) is 1.75. The standard InChI is InChI=1S/C16H17N3O4/c1-16(15(22)23)7-8-18(10-16)14(21)13-12(20)9-19(17-13)11-5-3-2-4-6-11/h2-6,9,20H,7-8,10H2,1H3,(H,22,23). The third kappa shape index (κ3) is 2.65. The summed E-state index contributed by atoms with van der Waals surface area (Å²) >= 11 is 0. The highest BCUT2D eigenvalue weighted by Gasteiger charge is 2.43. The van der Waals surface area contributed by atoms with Gasteiger partial charge in [-0.1, -0.05) is 18.2 Å². The van der Waals surface area contributed by atoms with Gasteiger partial charge in [0.05, 0.1) is 17.3 Å². The van der Waals surface area contributed by atoms with Crippen molar-refractivity contribution in [3.05, 3.63) is 42.2 Å². The molecule has 2 heterocycles. The Bertz CT molecular complexity index is 756. The highest BCUT2D eigenvalue weighted by Crippen LogP contribution is 2.32. The van der Waals surface area contributed by atoms with E-state index in [9.17, 15) is 19.8 Å². The van der Waals surface area contributed by atoms with Gasteiger partial charge in [0.1, 0.15) is 0 Å². The van der Waals surface area contributed by atoms with E-state index in [4.69, 9.17) is 0 Å². The van der Waals surface area contributed by atoms with Crippen LogP contribution in [0.5, 0.6) is 5.75 Å². The summed E-state index contributed by atoms with van der Waals surface area (Å²) in [7, 11) is 0. The van der Waals surface area contributed by atoms with Gasteiger partial charge >= 0.3 is 5.97 Å². The van der Waals surface area contributed by atoms with Gasteiger partial charge in [0.15, 0.2) is 11.4 Å². The summed E-state index contributed by atoms with van der Waals surface area (Å²) in [6.45, 7) is 2.06. The van der Waals surface area contributed by atoms with Crippen molar-refractivity contribution >= 4 is 11.9 Å². The fourth-order valence-corrected chi connectivity index (χ4v) is 2.69. The lowest BCUT2D eigenvalue weighted by Crippen LogP contribution is -2.35. The molecule has 23 heavy (non-hydrogen) atoms. The number of carbonyl (C=O) groups is 2. The molecule has 2 N–H and O–H groups in total. The van der Waals surface area contributed by atoms with Gasteiger partial charge in [-0.05, 0) is 25.5 Å². The van der Waals surface area contributed by atoms with Crippen LogP contribution in [0.1, 0.15) is 23.8 Å². The molecule has 1 atom stereocenters.